The molecule has 1 aliphatic heterocycles. The van der Waals surface area contributed by atoms with E-state index in [2.05, 4.69) is 16.8 Å². The van der Waals surface area contributed by atoms with E-state index in [1.54, 1.807) is 22.1 Å². The molecule has 0 bridgehead atoms. The summed E-state index contributed by atoms with van der Waals surface area (Å²) in [4.78, 5) is 33.9. The lowest BCUT2D eigenvalue weighted by molar-refractivity contribution is -0.132. The van der Waals surface area contributed by atoms with Gasteiger partial charge in [0.1, 0.15) is 11.7 Å². The van der Waals surface area contributed by atoms with Gasteiger partial charge in [-0.1, -0.05) is 31.6 Å². The van der Waals surface area contributed by atoms with Gasteiger partial charge < -0.3 is 19.6 Å². The second-order valence-corrected chi connectivity index (χ2v) is 9.94. The van der Waals surface area contributed by atoms with Crippen LogP contribution in [-0.4, -0.2) is 70.6 Å². The molecular weight excluding hydrogens is 418 g/mol. The number of pyridine rings is 1. The Hall–Kier alpha value is -2.59. The molecule has 0 aromatic carbocycles. The predicted octanol–water partition coefficient (Wildman–Crippen LogP) is 2.71. The Morgan fingerprint density at radius 3 is 2.73 bits per heavy atom. The summed E-state index contributed by atoms with van der Waals surface area (Å²) in [6.45, 7) is 4.57. The SMILES string of the molecule is C[C@H]1CN([C@@H](C)CO)C(=O)c2cc(C#CC3CCCC3)cnc2O[C@@H]1CN(C)C(=O)C1CC1. The standard InChI is InChI=1S/C26H35N3O4/c1-17-14-29(18(2)16-30)26(32)22-12-20(9-8-19-6-4-5-7-19)13-27-24(22)33-23(17)15-28(3)25(31)21-10-11-21/h12-13,17-19,21,23,30H,4-7,10-11,14-16H2,1-3H3/t17-,18-,23+/m0/s1. The summed E-state index contributed by atoms with van der Waals surface area (Å²) in [7, 11) is 1.81. The number of nitrogens with zero attached hydrogens (tertiary/aromatic N) is 3. The highest BCUT2D eigenvalue weighted by Gasteiger charge is 2.37. The minimum atomic E-state index is -0.342. The van der Waals surface area contributed by atoms with Crippen LogP contribution in [0.1, 0.15) is 68.3 Å². The van der Waals surface area contributed by atoms with Crippen LogP contribution in [0, 0.1) is 29.6 Å². The number of likely N-dealkylation sites (N-methyl/N-ethyl adjacent to an activating group) is 1. The average Bonchev–Trinajstić information content (AvgIpc) is 3.54. The minimum absolute atomic E-state index is 0.0470. The first kappa shape index (κ1) is 23.6. The maximum absolute atomic E-state index is 13.5. The quantitative estimate of drug-likeness (QED) is 0.693. The Morgan fingerprint density at radius 2 is 2.06 bits per heavy atom. The van der Waals surface area contributed by atoms with Gasteiger partial charge in [-0.15, -0.1) is 0 Å². The molecule has 7 heteroatoms. The third-order valence-electron chi connectivity index (χ3n) is 7.05. The van der Waals surface area contributed by atoms with Crippen LogP contribution in [0.2, 0.25) is 0 Å². The number of carbonyl (C=O) groups is 2. The highest BCUT2D eigenvalue weighted by Crippen LogP contribution is 2.32. The molecule has 7 nitrogen and oxygen atoms in total. The van der Waals surface area contributed by atoms with Gasteiger partial charge in [0.2, 0.25) is 11.8 Å². The molecule has 0 spiro atoms. The number of amides is 2. The summed E-state index contributed by atoms with van der Waals surface area (Å²) in [6, 6.07) is 1.42. The molecule has 2 saturated carbocycles. The summed E-state index contributed by atoms with van der Waals surface area (Å²) in [5.74, 6) is 7.23. The molecule has 2 amide bonds. The van der Waals surface area contributed by atoms with Gasteiger partial charge in [0.05, 0.1) is 19.2 Å². The fourth-order valence-electron chi connectivity index (χ4n) is 4.65. The third kappa shape index (κ3) is 5.50. The first-order valence-corrected chi connectivity index (χ1v) is 12.2. The molecule has 1 aromatic rings. The molecule has 0 radical (unpaired) electrons. The molecule has 33 heavy (non-hydrogen) atoms. The van der Waals surface area contributed by atoms with E-state index in [9.17, 15) is 14.7 Å². The Balaban J connectivity index is 1.62. The molecule has 1 aromatic heterocycles. The first-order valence-electron chi connectivity index (χ1n) is 12.2. The summed E-state index contributed by atoms with van der Waals surface area (Å²) >= 11 is 0. The van der Waals surface area contributed by atoms with Crippen LogP contribution in [-0.2, 0) is 4.79 Å². The number of hydrogen-bond donors (Lipinski definition) is 1. The maximum atomic E-state index is 13.5. The molecular formula is C26H35N3O4. The van der Waals surface area contributed by atoms with Gasteiger partial charge in [-0.25, -0.2) is 4.98 Å². The fraction of sp³-hybridized carbons (Fsp3) is 0.654. The van der Waals surface area contributed by atoms with Crippen LogP contribution in [0.3, 0.4) is 0 Å². The number of hydrogen-bond acceptors (Lipinski definition) is 5. The van der Waals surface area contributed by atoms with Crippen molar-refractivity contribution < 1.29 is 19.4 Å². The lowest BCUT2D eigenvalue weighted by Gasteiger charge is -2.37. The normalized spacial score (nSPS) is 24.1. The Labute approximate surface area is 196 Å². The number of aliphatic hydroxyl groups excluding tert-OH is 1. The zero-order valence-electron chi connectivity index (χ0n) is 19.9. The molecule has 178 valence electrons. The second kappa shape index (κ2) is 10.1. The Bertz CT molecular complexity index is 943. The molecule has 1 N–H and O–H groups in total. The van der Waals surface area contributed by atoms with Crippen LogP contribution in [0.5, 0.6) is 5.88 Å². The number of carbonyl (C=O) groups excluding carboxylic acids is 2. The summed E-state index contributed by atoms with van der Waals surface area (Å²) in [5, 5.41) is 9.80. The monoisotopic (exact) mass is 453 g/mol. The zero-order valence-corrected chi connectivity index (χ0v) is 19.9. The van der Waals surface area contributed by atoms with Crippen molar-refractivity contribution in [1.29, 1.82) is 0 Å². The zero-order chi connectivity index (χ0) is 23.5. The number of aromatic nitrogens is 1. The van der Waals surface area contributed by atoms with E-state index in [1.165, 1.54) is 12.8 Å². The topological polar surface area (TPSA) is 83.0 Å². The predicted molar refractivity (Wildman–Crippen MR) is 125 cm³/mol. The van der Waals surface area contributed by atoms with E-state index in [0.29, 0.717) is 30.1 Å². The van der Waals surface area contributed by atoms with Crippen LogP contribution in [0.25, 0.3) is 0 Å². The number of rotatable bonds is 5. The van der Waals surface area contributed by atoms with Gasteiger partial charge in [0, 0.05) is 43.1 Å². The molecule has 2 aliphatic carbocycles. The van der Waals surface area contributed by atoms with Crippen LogP contribution in [0.15, 0.2) is 12.3 Å². The van der Waals surface area contributed by atoms with E-state index in [-0.39, 0.29) is 48.3 Å². The van der Waals surface area contributed by atoms with Gasteiger partial charge in [0.25, 0.3) is 5.91 Å². The molecule has 4 rings (SSSR count). The average molecular weight is 454 g/mol. The Kier molecular flexibility index (Phi) is 7.23. The van der Waals surface area contributed by atoms with E-state index in [0.717, 1.165) is 25.7 Å². The lowest BCUT2D eigenvalue weighted by atomic mass is 9.99. The highest BCUT2D eigenvalue weighted by atomic mass is 16.5. The lowest BCUT2D eigenvalue weighted by Crippen LogP contribution is -2.50. The Morgan fingerprint density at radius 1 is 1.33 bits per heavy atom. The summed E-state index contributed by atoms with van der Waals surface area (Å²) in [6.07, 6.45) is 7.95. The van der Waals surface area contributed by atoms with E-state index >= 15 is 0 Å². The molecule has 2 fully saturated rings. The maximum Gasteiger partial charge on any atom is 0.259 e. The van der Waals surface area contributed by atoms with Crippen LogP contribution < -0.4 is 4.74 Å². The molecule has 0 saturated heterocycles. The molecule has 0 unspecified atom stereocenters. The number of fused-ring (bicyclic) bond motifs is 1. The second-order valence-electron chi connectivity index (χ2n) is 9.94. The molecule has 2 heterocycles. The van der Waals surface area contributed by atoms with Crippen LogP contribution in [0.4, 0.5) is 0 Å². The van der Waals surface area contributed by atoms with Gasteiger partial charge in [-0.2, -0.15) is 0 Å². The van der Waals surface area contributed by atoms with E-state index in [4.69, 9.17) is 4.74 Å². The van der Waals surface area contributed by atoms with Crippen molar-refractivity contribution in [2.24, 2.45) is 17.8 Å². The van der Waals surface area contributed by atoms with Gasteiger partial charge in [-0.05, 0) is 38.7 Å². The van der Waals surface area contributed by atoms with Crippen molar-refractivity contribution in [3.05, 3.63) is 23.4 Å². The fourth-order valence-corrected chi connectivity index (χ4v) is 4.65. The minimum Gasteiger partial charge on any atom is -0.472 e. The van der Waals surface area contributed by atoms with Crippen molar-refractivity contribution in [3.63, 3.8) is 0 Å². The number of ether oxygens (including phenoxy) is 1. The van der Waals surface area contributed by atoms with Crippen LogP contribution >= 0.6 is 0 Å². The first-order chi connectivity index (χ1) is 15.9. The third-order valence-corrected chi connectivity index (χ3v) is 7.05. The van der Waals surface area contributed by atoms with Crippen molar-refractivity contribution >= 4 is 11.8 Å². The largest absolute Gasteiger partial charge is 0.472 e. The molecule has 3 aliphatic rings. The van der Waals surface area contributed by atoms with E-state index < -0.39 is 0 Å². The van der Waals surface area contributed by atoms with Crippen molar-refractivity contribution in [2.75, 3.05) is 26.7 Å². The number of aliphatic hydroxyl groups is 1. The van der Waals surface area contributed by atoms with Gasteiger partial charge in [0.15, 0.2) is 0 Å². The van der Waals surface area contributed by atoms with Crippen molar-refractivity contribution in [3.8, 4) is 17.7 Å². The van der Waals surface area contributed by atoms with Crippen molar-refractivity contribution in [1.82, 2.24) is 14.8 Å². The van der Waals surface area contributed by atoms with Crippen molar-refractivity contribution in [2.45, 2.75) is 64.5 Å². The summed E-state index contributed by atoms with van der Waals surface area (Å²) in [5.41, 5.74) is 1.06. The molecule has 3 atom stereocenters. The smallest absolute Gasteiger partial charge is 0.259 e. The van der Waals surface area contributed by atoms with Gasteiger partial charge in [-0.3, -0.25) is 9.59 Å². The highest BCUT2D eigenvalue weighted by molar-refractivity contribution is 5.97. The summed E-state index contributed by atoms with van der Waals surface area (Å²) < 4.78 is 6.27. The van der Waals surface area contributed by atoms with E-state index in [1.807, 2.05) is 20.9 Å². The van der Waals surface area contributed by atoms with Gasteiger partial charge >= 0.3 is 0 Å².